The molecule has 0 saturated heterocycles. The van der Waals surface area contributed by atoms with Crippen LogP contribution in [0.15, 0.2) is 0 Å². The van der Waals surface area contributed by atoms with Gasteiger partial charge in [-0.25, -0.2) is 0 Å². The fourth-order valence-corrected chi connectivity index (χ4v) is 0. The third-order valence-corrected chi connectivity index (χ3v) is 0. The third-order valence-electron chi connectivity index (χ3n) is 0. The Morgan fingerprint density at radius 3 is 0.909 bits per heavy atom. The van der Waals surface area contributed by atoms with Crippen LogP contribution >= 0.6 is 11.6 Å². The molecular weight excluding hydrogens is 227 g/mol. The molecule has 0 spiro atoms. The minimum Gasteiger partial charge on any atom is -0.323 e. The molecule has 0 aliphatic carbocycles. The van der Waals surface area contributed by atoms with Crippen LogP contribution in [0.25, 0.3) is 0 Å². The van der Waals surface area contributed by atoms with E-state index in [0.29, 0.717) is 0 Å². The SMILES string of the molecule is CC(C)(C)Cl.C[C-](C)C.[Ti].[Ti]. The van der Waals surface area contributed by atoms with Gasteiger partial charge in [-0.1, -0.05) is 0 Å². The average molecular weight is 245 g/mol. The topological polar surface area (TPSA) is 0 Å². The smallest absolute Gasteiger partial charge is 0.0362 e. The summed E-state index contributed by atoms with van der Waals surface area (Å²) in [7, 11) is 0. The summed E-state index contributed by atoms with van der Waals surface area (Å²) in [6.45, 7) is 12.1. The zero-order chi connectivity index (χ0) is 8.08. The zero-order valence-electron chi connectivity index (χ0n) is 8.38. The van der Waals surface area contributed by atoms with Gasteiger partial charge in [-0.15, -0.1) is 11.6 Å². The molecule has 3 heteroatoms. The molecule has 0 nitrogen and oxygen atoms in total. The van der Waals surface area contributed by atoms with Gasteiger partial charge in [0.15, 0.2) is 0 Å². The van der Waals surface area contributed by atoms with E-state index in [1.165, 1.54) is 5.92 Å². The van der Waals surface area contributed by atoms with Gasteiger partial charge in [-0.3, -0.25) is 0 Å². The van der Waals surface area contributed by atoms with Gasteiger partial charge in [0.1, 0.15) is 0 Å². The zero-order valence-corrected chi connectivity index (χ0v) is 12.3. The molecule has 0 aromatic carbocycles. The molecule has 0 unspecified atom stereocenters. The van der Waals surface area contributed by atoms with E-state index < -0.39 is 0 Å². The first kappa shape index (κ1) is 23.0. The van der Waals surface area contributed by atoms with Crippen molar-refractivity contribution < 1.29 is 43.4 Å². The van der Waals surface area contributed by atoms with Crippen molar-refractivity contribution in [1.82, 2.24) is 0 Å². The molecule has 0 fully saturated rings. The Balaban J connectivity index is -0.0000000383. The summed E-state index contributed by atoms with van der Waals surface area (Å²) in [5, 5.41) is 0. The van der Waals surface area contributed by atoms with Crippen molar-refractivity contribution in [3.8, 4) is 0 Å². The van der Waals surface area contributed by atoms with Crippen LogP contribution in [0.1, 0.15) is 41.5 Å². The molecule has 0 aliphatic heterocycles. The minimum absolute atomic E-state index is 0. The van der Waals surface area contributed by atoms with Crippen molar-refractivity contribution in [2.75, 3.05) is 0 Å². The third kappa shape index (κ3) is 375. The Labute approximate surface area is 107 Å². The van der Waals surface area contributed by atoms with Gasteiger partial charge in [0, 0.05) is 48.3 Å². The summed E-state index contributed by atoms with van der Waals surface area (Å²) >= 11 is 5.53. The first-order valence-corrected chi connectivity index (χ1v) is 3.57. The summed E-state index contributed by atoms with van der Waals surface area (Å²) in [6.07, 6.45) is 0. The molecule has 0 amide bonds. The average Bonchev–Trinajstić information content (AvgIpc) is 1.19. The maximum Gasteiger partial charge on any atom is 0.0362 e. The van der Waals surface area contributed by atoms with E-state index in [1.807, 2.05) is 20.8 Å². The number of hydrogen-bond donors (Lipinski definition) is 0. The molecule has 0 rings (SSSR count). The molecule has 0 radical (unpaired) electrons. The second-order valence-electron chi connectivity index (χ2n) is 3.57. The molecule has 0 atom stereocenters. The van der Waals surface area contributed by atoms with Crippen LogP contribution in [0.4, 0.5) is 0 Å². The fourth-order valence-electron chi connectivity index (χ4n) is 0. The predicted octanol–water partition coefficient (Wildman–Crippen LogP) is 3.64. The number of halogens is 1. The molecule has 0 heterocycles. The Bertz CT molecular complexity index is 48.8. The summed E-state index contributed by atoms with van der Waals surface area (Å²) in [6, 6.07) is 0. The van der Waals surface area contributed by atoms with Crippen LogP contribution in [-0.2, 0) is 43.4 Å². The monoisotopic (exact) mass is 245 g/mol. The van der Waals surface area contributed by atoms with Crippen molar-refractivity contribution in [2.24, 2.45) is 0 Å². The first-order chi connectivity index (χ1) is 3.73. The van der Waals surface area contributed by atoms with Gasteiger partial charge in [-0.2, -0.15) is 20.8 Å². The van der Waals surface area contributed by atoms with Crippen molar-refractivity contribution in [1.29, 1.82) is 0 Å². The second kappa shape index (κ2) is 11.7. The first-order valence-electron chi connectivity index (χ1n) is 3.19. The summed E-state index contributed by atoms with van der Waals surface area (Å²) in [4.78, 5) is -0.0278. The van der Waals surface area contributed by atoms with Crippen LogP contribution in [0.5, 0.6) is 0 Å². The number of rotatable bonds is 0. The Morgan fingerprint density at radius 2 is 0.909 bits per heavy atom. The number of alkyl halides is 1. The van der Waals surface area contributed by atoms with Crippen LogP contribution in [-0.4, -0.2) is 4.87 Å². The summed E-state index contributed by atoms with van der Waals surface area (Å²) < 4.78 is 0. The Hall–Kier alpha value is 1.72. The Morgan fingerprint density at radius 1 is 0.909 bits per heavy atom. The van der Waals surface area contributed by atoms with E-state index in [2.05, 4.69) is 20.8 Å². The number of hydrogen-bond acceptors (Lipinski definition) is 0. The molecule has 11 heavy (non-hydrogen) atoms. The molecule has 0 bridgehead atoms. The molecule has 0 aromatic rings. The summed E-state index contributed by atoms with van der Waals surface area (Å²) in [5.74, 6) is 1.42. The van der Waals surface area contributed by atoms with Gasteiger partial charge in [0.2, 0.25) is 0 Å². The van der Waals surface area contributed by atoms with E-state index in [-0.39, 0.29) is 48.3 Å². The molecule has 0 saturated carbocycles. The standard InChI is InChI=1S/C4H9Cl.C4H9.2Ti/c1-4(2,3)5;1-4(2)3;;/h1-3H3;1-3H3;;/q;-1;;. The van der Waals surface area contributed by atoms with Gasteiger partial charge in [0.25, 0.3) is 0 Å². The maximum absolute atomic E-state index is 5.53. The second-order valence-corrected chi connectivity index (χ2v) is 4.70. The fraction of sp³-hybridized carbons (Fsp3) is 0.875. The van der Waals surface area contributed by atoms with Crippen molar-refractivity contribution >= 4 is 11.6 Å². The van der Waals surface area contributed by atoms with Gasteiger partial charge < -0.3 is 5.92 Å². The van der Waals surface area contributed by atoms with E-state index in [0.717, 1.165) is 0 Å². The van der Waals surface area contributed by atoms with Gasteiger partial charge in [-0.05, 0) is 20.8 Å². The normalized spacial score (nSPS) is 8.73. The maximum atomic E-state index is 5.53. The van der Waals surface area contributed by atoms with Gasteiger partial charge in [0.05, 0.1) is 0 Å². The Kier molecular flexibility index (Phi) is 24.5. The van der Waals surface area contributed by atoms with Crippen LogP contribution in [0, 0.1) is 5.92 Å². The van der Waals surface area contributed by atoms with E-state index in [9.17, 15) is 0 Å². The molecular formula is C8H18ClTi2-. The molecule has 0 aromatic heterocycles. The molecule has 66 valence electrons. The summed E-state index contributed by atoms with van der Waals surface area (Å²) in [5.41, 5.74) is 0. The minimum atomic E-state index is -0.0278. The van der Waals surface area contributed by atoms with Crippen molar-refractivity contribution in [3.05, 3.63) is 5.92 Å². The quantitative estimate of drug-likeness (QED) is 0.347. The molecule has 0 N–H and O–H groups in total. The van der Waals surface area contributed by atoms with Crippen LogP contribution in [0.3, 0.4) is 0 Å². The van der Waals surface area contributed by atoms with Gasteiger partial charge >= 0.3 is 0 Å². The van der Waals surface area contributed by atoms with E-state index >= 15 is 0 Å². The van der Waals surface area contributed by atoms with Crippen molar-refractivity contribution in [2.45, 2.75) is 46.4 Å². The predicted molar refractivity (Wildman–Crippen MR) is 45.9 cm³/mol. The van der Waals surface area contributed by atoms with E-state index in [4.69, 9.17) is 11.6 Å². The van der Waals surface area contributed by atoms with E-state index in [1.54, 1.807) is 0 Å². The largest absolute Gasteiger partial charge is 0.323 e. The van der Waals surface area contributed by atoms with Crippen molar-refractivity contribution in [3.63, 3.8) is 0 Å². The molecule has 0 aliphatic rings. The van der Waals surface area contributed by atoms with Crippen LogP contribution < -0.4 is 0 Å². The van der Waals surface area contributed by atoms with Crippen LogP contribution in [0.2, 0.25) is 0 Å².